The molecule has 25 heavy (non-hydrogen) atoms. The Labute approximate surface area is 146 Å². The zero-order valence-electron chi connectivity index (χ0n) is 14.4. The molecule has 0 spiro atoms. The van der Waals surface area contributed by atoms with Crippen molar-refractivity contribution in [3.8, 4) is 5.75 Å². The highest BCUT2D eigenvalue weighted by atomic mass is 16.5. The average Bonchev–Trinajstić information content (AvgIpc) is 2.99. The molecule has 0 unspecified atom stereocenters. The van der Waals surface area contributed by atoms with Crippen LogP contribution in [-0.4, -0.2) is 61.8 Å². The molecule has 0 saturated carbocycles. The molecule has 1 aromatic carbocycles. The number of carbonyl (C=O) groups excluding carboxylic acids is 1. The minimum Gasteiger partial charge on any atom is -0.496 e. The summed E-state index contributed by atoms with van der Waals surface area (Å²) in [6, 6.07) is 7.53. The average molecular weight is 348 g/mol. The van der Waals surface area contributed by atoms with Crippen molar-refractivity contribution in [2.45, 2.75) is 13.0 Å². The Morgan fingerprint density at radius 2 is 2.24 bits per heavy atom. The summed E-state index contributed by atoms with van der Waals surface area (Å²) < 4.78 is 10.7. The number of nitrogens with zero attached hydrogens (tertiary/aromatic N) is 1. The zero-order valence-corrected chi connectivity index (χ0v) is 14.4. The summed E-state index contributed by atoms with van der Waals surface area (Å²) >= 11 is 0. The van der Waals surface area contributed by atoms with Crippen molar-refractivity contribution in [1.82, 2.24) is 10.2 Å². The Morgan fingerprint density at radius 3 is 2.96 bits per heavy atom. The maximum absolute atomic E-state index is 12.3. The molecule has 0 aromatic heterocycles. The monoisotopic (exact) mass is 348 g/mol. The van der Waals surface area contributed by atoms with Crippen LogP contribution < -0.4 is 10.1 Å². The van der Waals surface area contributed by atoms with Crippen LogP contribution >= 0.6 is 0 Å². The summed E-state index contributed by atoms with van der Waals surface area (Å²) in [6.45, 7) is 2.38. The van der Waals surface area contributed by atoms with E-state index in [0.29, 0.717) is 26.2 Å². The van der Waals surface area contributed by atoms with Crippen molar-refractivity contribution in [2.24, 2.45) is 11.3 Å². The van der Waals surface area contributed by atoms with Gasteiger partial charge in [-0.1, -0.05) is 18.2 Å². The first-order valence-electron chi connectivity index (χ1n) is 8.47. The van der Waals surface area contributed by atoms with E-state index in [1.807, 2.05) is 29.2 Å². The zero-order chi connectivity index (χ0) is 17.9. The third kappa shape index (κ3) is 3.62. The topological polar surface area (TPSA) is 88.1 Å². The number of hydrogen-bond acceptors (Lipinski definition) is 5. The number of hydrogen-bond donors (Lipinski definition) is 2. The number of nitrogens with one attached hydrogen (secondary N) is 1. The molecule has 7 heteroatoms. The molecule has 2 saturated heterocycles. The molecule has 7 nitrogen and oxygen atoms in total. The van der Waals surface area contributed by atoms with Crippen LogP contribution in [0.15, 0.2) is 24.3 Å². The second-order valence-corrected chi connectivity index (χ2v) is 6.76. The van der Waals surface area contributed by atoms with Crippen LogP contribution in [0.3, 0.4) is 0 Å². The van der Waals surface area contributed by atoms with E-state index >= 15 is 0 Å². The van der Waals surface area contributed by atoms with Crippen LogP contribution in [0.5, 0.6) is 5.75 Å². The summed E-state index contributed by atoms with van der Waals surface area (Å²) in [5, 5.41) is 12.5. The van der Waals surface area contributed by atoms with Crippen LogP contribution in [0.2, 0.25) is 0 Å². The third-order valence-corrected chi connectivity index (χ3v) is 5.20. The minimum atomic E-state index is -0.874. The number of para-hydroxylation sites is 1. The van der Waals surface area contributed by atoms with E-state index in [4.69, 9.17) is 9.47 Å². The summed E-state index contributed by atoms with van der Waals surface area (Å²) in [7, 11) is 1.60. The van der Waals surface area contributed by atoms with Gasteiger partial charge in [0.15, 0.2) is 0 Å². The first kappa shape index (κ1) is 17.7. The van der Waals surface area contributed by atoms with Gasteiger partial charge in [-0.25, -0.2) is 0 Å². The van der Waals surface area contributed by atoms with Crippen LogP contribution in [-0.2, 0) is 20.9 Å². The Hall–Kier alpha value is -2.12. The molecule has 136 valence electrons. The summed E-state index contributed by atoms with van der Waals surface area (Å²) in [5.41, 5.74) is 0.0325. The molecule has 2 atom stereocenters. The van der Waals surface area contributed by atoms with Gasteiger partial charge in [-0.05, 0) is 18.4 Å². The SMILES string of the molecule is COc1ccccc1CNC(=O)CN1C[C@@H]2CCOC[C@]2(C(=O)O)C1. The predicted octanol–water partition coefficient (Wildman–Crippen LogP) is 0.734. The van der Waals surface area contributed by atoms with Gasteiger partial charge in [0.25, 0.3) is 0 Å². The van der Waals surface area contributed by atoms with Crippen molar-refractivity contribution < 1.29 is 24.2 Å². The second kappa shape index (κ2) is 7.41. The molecule has 2 N–H and O–H groups in total. The molecule has 0 bridgehead atoms. The van der Waals surface area contributed by atoms with E-state index in [2.05, 4.69) is 5.32 Å². The highest BCUT2D eigenvalue weighted by molar-refractivity contribution is 5.79. The molecule has 1 aromatic rings. The van der Waals surface area contributed by atoms with E-state index in [1.54, 1.807) is 7.11 Å². The Bertz CT molecular complexity index is 650. The van der Waals surface area contributed by atoms with Gasteiger partial charge in [0, 0.05) is 31.8 Å². The number of carboxylic acids is 1. The first-order valence-corrected chi connectivity index (χ1v) is 8.47. The largest absolute Gasteiger partial charge is 0.496 e. The molecular weight excluding hydrogens is 324 g/mol. The van der Waals surface area contributed by atoms with E-state index in [9.17, 15) is 14.7 Å². The lowest BCUT2D eigenvalue weighted by atomic mass is 9.76. The van der Waals surface area contributed by atoms with Gasteiger partial charge < -0.3 is 19.9 Å². The molecule has 2 aliphatic heterocycles. The lowest BCUT2D eigenvalue weighted by Crippen LogP contribution is -2.46. The van der Waals surface area contributed by atoms with Crippen LogP contribution in [0, 0.1) is 11.3 Å². The van der Waals surface area contributed by atoms with Crippen molar-refractivity contribution in [3.05, 3.63) is 29.8 Å². The van der Waals surface area contributed by atoms with Crippen molar-refractivity contribution in [3.63, 3.8) is 0 Å². The quantitative estimate of drug-likeness (QED) is 0.788. The summed E-state index contributed by atoms with van der Waals surface area (Å²) in [5.74, 6) is -0.169. The molecular formula is C18H24N2O5. The number of methoxy groups -OCH3 is 1. The fourth-order valence-corrected chi connectivity index (χ4v) is 3.82. The lowest BCUT2D eigenvalue weighted by Gasteiger charge is -2.34. The number of likely N-dealkylation sites (tertiary alicyclic amines) is 1. The number of rotatable bonds is 6. The maximum atomic E-state index is 12.3. The highest BCUT2D eigenvalue weighted by Crippen LogP contribution is 2.41. The molecule has 2 aliphatic rings. The lowest BCUT2D eigenvalue weighted by molar-refractivity contribution is -0.160. The van der Waals surface area contributed by atoms with Gasteiger partial charge >= 0.3 is 5.97 Å². The maximum Gasteiger partial charge on any atom is 0.313 e. The molecule has 2 fully saturated rings. The van der Waals surface area contributed by atoms with Gasteiger partial charge in [-0.15, -0.1) is 0 Å². The fraction of sp³-hybridized carbons (Fsp3) is 0.556. The highest BCUT2D eigenvalue weighted by Gasteiger charge is 2.54. The second-order valence-electron chi connectivity index (χ2n) is 6.76. The number of carbonyl (C=O) groups is 2. The van der Waals surface area contributed by atoms with Gasteiger partial charge in [-0.3, -0.25) is 14.5 Å². The minimum absolute atomic E-state index is 0.0424. The number of carboxylic acid groups (broad SMARTS) is 1. The number of benzene rings is 1. The molecule has 3 rings (SSSR count). The van der Waals surface area contributed by atoms with E-state index in [-0.39, 0.29) is 25.0 Å². The van der Waals surface area contributed by atoms with Crippen LogP contribution in [0.25, 0.3) is 0 Å². The number of aliphatic carboxylic acids is 1. The third-order valence-electron chi connectivity index (χ3n) is 5.20. The normalized spacial score (nSPS) is 26.0. The van der Waals surface area contributed by atoms with Gasteiger partial charge in [0.1, 0.15) is 11.2 Å². The summed E-state index contributed by atoms with van der Waals surface area (Å²) in [6.07, 6.45) is 0.728. The summed E-state index contributed by atoms with van der Waals surface area (Å²) in [4.78, 5) is 26.0. The van der Waals surface area contributed by atoms with E-state index in [0.717, 1.165) is 17.7 Å². The molecule has 0 aliphatic carbocycles. The Kier molecular flexibility index (Phi) is 5.24. The number of fused-ring (bicyclic) bond motifs is 1. The van der Waals surface area contributed by atoms with Crippen molar-refractivity contribution >= 4 is 11.9 Å². The standard InChI is InChI=1S/C18H24N2O5/c1-24-15-5-3-2-4-13(15)8-19-16(21)10-20-9-14-6-7-25-12-18(14,11-20)17(22)23/h2-5,14H,6-12H2,1H3,(H,19,21)(H,22,23)/t14-,18+/m0/s1. The van der Waals surface area contributed by atoms with E-state index < -0.39 is 11.4 Å². The molecule has 0 radical (unpaired) electrons. The Balaban J connectivity index is 1.56. The van der Waals surface area contributed by atoms with Gasteiger partial charge in [0.2, 0.25) is 5.91 Å². The Morgan fingerprint density at radius 1 is 1.44 bits per heavy atom. The van der Waals surface area contributed by atoms with Gasteiger partial charge in [0.05, 0.1) is 20.3 Å². The first-order chi connectivity index (χ1) is 12.0. The van der Waals surface area contributed by atoms with Crippen LogP contribution in [0.1, 0.15) is 12.0 Å². The van der Waals surface area contributed by atoms with E-state index in [1.165, 1.54) is 0 Å². The van der Waals surface area contributed by atoms with Crippen LogP contribution in [0.4, 0.5) is 0 Å². The smallest absolute Gasteiger partial charge is 0.313 e. The van der Waals surface area contributed by atoms with Crippen molar-refractivity contribution in [1.29, 1.82) is 0 Å². The number of ether oxygens (including phenoxy) is 2. The van der Waals surface area contributed by atoms with Crippen molar-refractivity contribution in [2.75, 3.05) is 40.0 Å². The number of amides is 1. The van der Waals surface area contributed by atoms with Gasteiger partial charge in [-0.2, -0.15) is 0 Å². The molecule has 2 heterocycles. The molecule has 1 amide bonds. The predicted molar refractivity (Wildman–Crippen MR) is 90.3 cm³/mol. The fourth-order valence-electron chi connectivity index (χ4n) is 3.82.